The van der Waals surface area contributed by atoms with Crippen LogP contribution in [-0.2, 0) is 28.6 Å². The van der Waals surface area contributed by atoms with Gasteiger partial charge in [0.05, 0.1) is 0 Å². The molecule has 0 aliphatic heterocycles. The first-order valence-corrected chi connectivity index (χ1v) is 30.8. The first kappa shape index (κ1) is 69.3. The number of allylic oxidation sites excluding steroid dienone is 16. The predicted molar refractivity (Wildman–Crippen MR) is 316 cm³/mol. The van der Waals surface area contributed by atoms with E-state index in [4.69, 9.17) is 14.2 Å². The van der Waals surface area contributed by atoms with E-state index in [1.165, 1.54) is 141 Å². The van der Waals surface area contributed by atoms with Gasteiger partial charge in [0.1, 0.15) is 13.2 Å². The number of carbonyl (C=O) groups is 3. The second kappa shape index (κ2) is 60.9. The molecular formula is C67H114O6. The van der Waals surface area contributed by atoms with E-state index in [2.05, 4.69) is 118 Å². The Morgan fingerprint density at radius 1 is 0.274 bits per heavy atom. The van der Waals surface area contributed by atoms with Crippen LogP contribution in [0.4, 0.5) is 0 Å². The highest BCUT2D eigenvalue weighted by Crippen LogP contribution is 2.15. The molecule has 0 amide bonds. The second-order valence-corrected chi connectivity index (χ2v) is 20.4. The van der Waals surface area contributed by atoms with Gasteiger partial charge >= 0.3 is 17.9 Å². The fraction of sp³-hybridized carbons (Fsp3) is 0.716. The molecule has 0 fully saturated rings. The largest absolute Gasteiger partial charge is 0.462 e. The maximum absolute atomic E-state index is 12.9. The van der Waals surface area contributed by atoms with Gasteiger partial charge in [0, 0.05) is 19.3 Å². The molecular weight excluding hydrogens is 901 g/mol. The number of ether oxygens (including phenoxy) is 3. The van der Waals surface area contributed by atoms with Gasteiger partial charge in [-0.2, -0.15) is 0 Å². The molecule has 6 nitrogen and oxygen atoms in total. The highest BCUT2D eigenvalue weighted by Gasteiger charge is 2.19. The molecule has 418 valence electrons. The van der Waals surface area contributed by atoms with E-state index < -0.39 is 6.10 Å². The van der Waals surface area contributed by atoms with E-state index in [1.54, 1.807) is 0 Å². The van der Waals surface area contributed by atoms with Crippen molar-refractivity contribution >= 4 is 17.9 Å². The third-order valence-corrected chi connectivity index (χ3v) is 13.2. The Balaban J connectivity index is 4.48. The molecule has 0 aromatic heterocycles. The molecule has 0 aliphatic carbocycles. The van der Waals surface area contributed by atoms with Crippen molar-refractivity contribution in [2.45, 2.75) is 297 Å². The number of esters is 3. The van der Waals surface area contributed by atoms with Crippen molar-refractivity contribution in [2.24, 2.45) is 0 Å². The smallest absolute Gasteiger partial charge is 0.306 e. The highest BCUT2D eigenvalue weighted by atomic mass is 16.6. The summed E-state index contributed by atoms with van der Waals surface area (Å²) in [5, 5.41) is 0. The van der Waals surface area contributed by atoms with Crippen LogP contribution in [0, 0.1) is 0 Å². The zero-order chi connectivity index (χ0) is 52.9. The Labute approximate surface area is 451 Å². The summed E-state index contributed by atoms with van der Waals surface area (Å²) in [6.45, 7) is 6.56. The van der Waals surface area contributed by atoms with Gasteiger partial charge in [-0.1, -0.05) is 272 Å². The molecule has 0 heterocycles. The van der Waals surface area contributed by atoms with Gasteiger partial charge in [-0.3, -0.25) is 14.4 Å². The average Bonchev–Trinajstić information content (AvgIpc) is 3.39. The molecule has 0 aromatic rings. The topological polar surface area (TPSA) is 78.9 Å². The van der Waals surface area contributed by atoms with Gasteiger partial charge in [-0.25, -0.2) is 0 Å². The highest BCUT2D eigenvalue weighted by molar-refractivity contribution is 5.71. The Kier molecular flexibility index (Phi) is 57.8. The maximum atomic E-state index is 12.9. The van der Waals surface area contributed by atoms with Crippen LogP contribution in [0.25, 0.3) is 0 Å². The normalized spacial score (nSPS) is 12.8. The quantitative estimate of drug-likeness (QED) is 0.0199. The van der Waals surface area contributed by atoms with Crippen molar-refractivity contribution in [1.82, 2.24) is 0 Å². The Hall–Kier alpha value is -3.67. The van der Waals surface area contributed by atoms with E-state index in [0.29, 0.717) is 19.3 Å². The van der Waals surface area contributed by atoms with Gasteiger partial charge < -0.3 is 14.2 Å². The molecule has 0 aromatic carbocycles. The SMILES string of the molecule is CCCCC\C=C/C=C\C=C/C=C\CCCCCCCC(=O)OC(COC(=O)CCCCCCC\C=C/C=C\C=C/CCCCCCC)COC(=O)CCCCCCCCC/C=C\CCCCCCCCCC. The summed E-state index contributed by atoms with van der Waals surface area (Å²) in [4.78, 5) is 38.3. The molecule has 1 unspecified atom stereocenters. The standard InChI is InChI=1S/C67H114O6/c1-4-7-10-13-16-19-22-25-28-31-34-37-39-42-45-48-51-54-57-60-66(69)72-63-64(73-67(70)61-58-55-52-49-46-43-40-36-33-30-27-24-21-18-15-12-9-6-3)62-71-65(68)59-56-53-50-47-44-41-38-35-32-29-26-23-20-17-14-11-8-5-2/h18,21,23-24,26-27,29-36,38,40,64H,4-17,19-20,22,25,28,37,39,41-63H2,1-3H3/b21-18-,26-23-,27-24-,32-29-,33-30-,34-31-,38-35-,40-36-. The molecule has 1 atom stereocenters. The van der Waals surface area contributed by atoms with Crippen LogP contribution in [0.1, 0.15) is 290 Å². The lowest BCUT2D eigenvalue weighted by Crippen LogP contribution is -2.30. The van der Waals surface area contributed by atoms with Crippen LogP contribution in [0.2, 0.25) is 0 Å². The summed E-state index contributed by atoms with van der Waals surface area (Å²) in [6, 6.07) is 0. The summed E-state index contributed by atoms with van der Waals surface area (Å²) < 4.78 is 16.9. The molecule has 0 aliphatic rings. The second-order valence-electron chi connectivity index (χ2n) is 20.4. The monoisotopic (exact) mass is 1010 g/mol. The minimum absolute atomic E-state index is 0.0965. The van der Waals surface area contributed by atoms with Crippen LogP contribution < -0.4 is 0 Å². The molecule has 73 heavy (non-hydrogen) atoms. The van der Waals surface area contributed by atoms with Crippen LogP contribution in [0.3, 0.4) is 0 Å². The number of unbranched alkanes of at least 4 members (excludes halogenated alkanes) is 33. The number of hydrogen-bond acceptors (Lipinski definition) is 6. The number of carbonyl (C=O) groups excluding carboxylic acids is 3. The third kappa shape index (κ3) is 59.1. The Morgan fingerprint density at radius 2 is 0.507 bits per heavy atom. The van der Waals surface area contributed by atoms with Gasteiger partial charge in [-0.05, 0) is 96.3 Å². The summed E-state index contributed by atoms with van der Waals surface area (Å²) in [5.41, 5.74) is 0. The summed E-state index contributed by atoms with van der Waals surface area (Å²) in [5.74, 6) is -0.937. The summed E-state index contributed by atoms with van der Waals surface area (Å²) in [7, 11) is 0. The third-order valence-electron chi connectivity index (χ3n) is 13.2. The van der Waals surface area contributed by atoms with Crippen molar-refractivity contribution in [3.05, 3.63) is 97.2 Å². The van der Waals surface area contributed by atoms with Crippen molar-refractivity contribution in [3.63, 3.8) is 0 Å². The number of rotatable bonds is 55. The first-order valence-electron chi connectivity index (χ1n) is 30.8. The van der Waals surface area contributed by atoms with Gasteiger partial charge in [0.25, 0.3) is 0 Å². The molecule has 0 spiro atoms. The van der Waals surface area contributed by atoms with Gasteiger partial charge in [-0.15, -0.1) is 0 Å². The molecule has 0 radical (unpaired) electrons. The van der Waals surface area contributed by atoms with Crippen LogP contribution in [-0.4, -0.2) is 37.2 Å². The zero-order valence-electron chi connectivity index (χ0n) is 47.9. The van der Waals surface area contributed by atoms with Gasteiger partial charge in [0.2, 0.25) is 0 Å². The van der Waals surface area contributed by atoms with Crippen LogP contribution in [0.15, 0.2) is 97.2 Å². The first-order chi connectivity index (χ1) is 36.0. The van der Waals surface area contributed by atoms with Crippen molar-refractivity contribution < 1.29 is 28.6 Å². The molecule has 0 saturated heterocycles. The summed E-state index contributed by atoms with van der Waals surface area (Å²) in [6.07, 6.45) is 81.0. The summed E-state index contributed by atoms with van der Waals surface area (Å²) >= 11 is 0. The van der Waals surface area contributed by atoms with Crippen LogP contribution in [0.5, 0.6) is 0 Å². The Morgan fingerprint density at radius 3 is 0.836 bits per heavy atom. The van der Waals surface area contributed by atoms with E-state index in [-0.39, 0.29) is 31.1 Å². The van der Waals surface area contributed by atoms with E-state index in [9.17, 15) is 14.4 Å². The maximum Gasteiger partial charge on any atom is 0.306 e. The predicted octanol–water partition coefficient (Wildman–Crippen LogP) is 20.9. The lowest BCUT2D eigenvalue weighted by molar-refractivity contribution is -0.167. The van der Waals surface area contributed by atoms with Crippen molar-refractivity contribution in [3.8, 4) is 0 Å². The zero-order valence-corrected chi connectivity index (χ0v) is 47.9. The molecule has 0 saturated carbocycles. The number of hydrogen-bond donors (Lipinski definition) is 0. The fourth-order valence-electron chi connectivity index (χ4n) is 8.51. The fourth-order valence-corrected chi connectivity index (χ4v) is 8.51. The van der Waals surface area contributed by atoms with E-state index >= 15 is 0 Å². The van der Waals surface area contributed by atoms with E-state index in [0.717, 1.165) is 109 Å². The molecule has 0 bridgehead atoms. The minimum atomic E-state index is -0.803. The van der Waals surface area contributed by atoms with Crippen molar-refractivity contribution in [1.29, 1.82) is 0 Å². The lowest BCUT2D eigenvalue weighted by atomic mass is 10.1. The molecule has 0 rings (SSSR count). The lowest BCUT2D eigenvalue weighted by Gasteiger charge is -2.18. The molecule has 6 heteroatoms. The van der Waals surface area contributed by atoms with Gasteiger partial charge in [0.15, 0.2) is 6.10 Å². The average molecular weight is 1020 g/mol. The Bertz CT molecular complexity index is 1440. The van der Waals surface area contributed by atoms with Crippen molar-refractivity contribution in [2.75, 3.05) is 13.2 Å². The van der Waals surface area contributed by atoms with Crippen LogP contribution >= 0.6 is 0 Å². The minimum Gasteiger partial charge on any atom is -0.462 e. The molecule has 0 N–H and O–H groups in total. The van der Waals surface area contributed by atoms with E-state index in [1.807, 2.05) is 0 Å².